The molecular weight excluding hydrogens is 327 g/mol. The van der Waals surface area contributed by atoms with Gasteiger partial charge in [-0.2, -0.15) is 0 Å². The van der Waals surface area contributed by atoms with E-state index < -0.39 is 11.7 Å². The molecule has 1 aromatic carbocycles. The van der Waals surface area contributed by atoms with Crippen LogP contribution in [0.3, 0.4) is 0 Å². The van der Waals surface area contributed by atoms with E-state index in [1.54, 1.807) is 12.1 Å². The van der Waals surface area contributed by atoms with Crippen LogP contribution in [-0.4, -0.2) is 18.1 Å². The molecule has 20 heavy (non-hydrogen) atoms. The Kier molecular flexibility index (Phi) is 3.33. The van der Waals surface area contributed by atoms with Gasteiger partial charge >= 0.3 is 0 Å². The van der Waals surface area contributed by atoms with Gasteiger partial charge in [-0.25, -0.2) is 4.39 Å². The van der Waals surface area contributed by atoms with Crippen LogP contribution in [0.2, 0.25) is 0 Å². The van der Waals surface area contributed by atoms with Gasteiger partial charge in [-0.15, -0.1) is 0 Å². The molecule has 0 atom stereocenters. The summed E-state index contributed by atoms with van der Waals surface area (Å²) in [5.74, 6) is -0.338. The highest BCUT2D eigenvalue weighted by molar-refractivity contribution is 9.10. The number of hydrogen-bond donors (Lipinski definition) is 0. The zero-order valence-corrected chi connectivity index (χ0v) is 12.4. The number of carbonyl (C=O) groups is 1. The van der Waals surface area contributed by atoms with Gasteiger partial charge in [0.05, 0.1) is 11.4 Å². The number of aromatic nitrogens is 1. The van der Waals surface area contributed by atoms with Gasteiger partial charge in [-0.3, -0.25) is 4.79 Å². The van der Waals surface area contributed by atoms with Gasteiger partial charge in [-0.05, 0) is 31.0 Å². The normalized spacial score (nSPS) is 14.3. The summed E-state index contributed by atoms with van der Waals surface area (Å²) in [7, 11) is 1.51. The monoisotopic (exact) mass is 338 g/mol. The predicted octanol–water partition coefficient (Wildman–Crippen LogP) is 3.73. The maximum atomic E-state index is 13.9. The molecule has 6 heteroatoms. The van der Waals surface area contributed by atoms with Crippen molar-refractivity contribution in [1.29, 1.82) is 0 Å². The summed E-state index contributed by atoms with van der Waals surface area (Å²) < 4.78 is 19.5. The summed E-state index contributed by atoms with van der Waals surface area (Å²) in [4.78, 5) is 13.5. The minimum absolute atomic E-state index is 0.136. The first-order valence-electron chi connectivity index (χ1n) is 6.26. The summed E-state index contributed by atoms with van der Waals surface area (Å²) in [6.07, 6.45) is 2.16. The molecule has 1 amide bonds. The van der Waals surface area contributed by atoms with Gasteiger partial charge in [0.15, 0.2) is 0 Å². The van der Waals surface area contributed by atoms with Gasteiger partial charge in [0, 0.05) is 23.5 Å². The van der Waals surface area contributed by atoms with Crippen LogP contribution in [0, 0.1) is 5.82 Å². The fourth-order valence-electron chi connectivity index (χ4n) is 1.99. The van der Waals surface area contributed by atoms with E-state index in [1.165, 1.54) is 24.1 Å². The van der Waals surface area contributed by atoms with Gasteiger partial charge in [0.25, 0.3) is 5.91 Å². The zero-order valence-electron chi connectivity index (χ0n) is 10.8. The molecule has 1 heterocycles. The number of anilines is 1. The molecule has 1 fully saturated rings. The topological polar surface area (TPSA) is 46.3 Å². The second-order valence-corrected chi connectivity index (χ2v) is 5.77. The lowest BCUT2D eigenvalue weighted by Crippen LogP contribution is -2.26. The molecule has 1 aliphatic carbocycles. The lowest BCUT2D eigenvalue weighted by atomic mass is 10.2. The van der Waals surface area contributed by atoms with Crippen LogP contribution in [0.1, 0.15) is 35.0 Å². The summed E-state index contributed by atoms with van der Waals surface area (Å²) in [5.41, 5.74) is 1.00. The second-order valence-electron chi connectivity index (χ2n) is 4.85. The summed E-state index contributed by atoms with van der Waals surface area (Å²) in [6, 6.07) is 6.18. The Labute approximate surface area is 123 Å². The Morgan fingerprint density at radius 1 is 1.45 bits per heavy atom. The van der Waals surface area contributed by atoms with E-state index in [-0.39, 0.29) is 11.4 Å². The molecule has 1 saturated carbocycles. The first kappa shape index (κ1) is 13.3. The van der Waals surface area contributed by atoms with Gasteiger partial charge in [0.2, 0.25) is 5.76 Å². The highest BCUT2D eigenvalue weighted by Gasteiger charge is 2.29. The lowest BCUT2D eigenvalue weighted by molar-refractivity contribution is 0.0956. The van der Waals surface area contributed by atoms with Crippen molar-refractivity contribution >= 4 is 27.5 Å². The molecule has 1 aromatic heterocycles. The van der Waals surface area contributed by atoms with Gasteiger partial charge in [-0.1, -0.05) is 21.1 Å². The molecule has 0 spiro atoms. The molecule has 0 radical (unpaired) electrons. The van der Waals surface area contributed by atoms with Crippen molar-refractivity contribution in [2.45, 2.75) is 18.8 Å². The van der Waals surface area contributed by atoms with E-state index in [1.807, 2.05) is 0 Å². The number of benzene rings is 1. The fraction of sp³-hybridized carbons (Fsp3) is 0.286. The highest BCUT2D eigenvalue weighted by atomic mass is 79.9. The minimum atomic E-state index is -0.475. The van der Waals surface area contributed by atoms with Crippen molar-refractivity contribution < 1.29 is 13.7 Å². The van der Waals surface area contributed by atoms with E-state index >= 15 is 0 Å². The molecule has 3 rings (SSSR count). The second kappa shape index (κ2) is 5.01. The fourth-order valence-corrected chi connectivity index (χ4v) is 2.32. The number of rotatable bonds is 3. The summed E-state index contributed by atoms with van der Waals surface area (Å²) in [5, 5.41) is 3.89. The number of nitrogens with zero attached hydrogens (tertiary/aromatic N) is 2. The van der Waals surface area contributed by atoms with Crippen LogP contribution in [-0.2, 0) is 0 Å². The van der Waals surface area contributed by atoms with Crippen LogP contribution < -0.4 is 4.90 Å². The maximum Gasteiger partial charge on any atom is 0.296 e. The molecule has 2 aromatic rings. The minimum Gasteiger partial charge on any atom is -0.351 e. The average Bonchev–Trinajstić information content (AvgIpc) is 3.15. The van der Waals surface area contributed by atoms with Crippen molar-refractivity contribution in [3.63, 3.8) is 0 Å². The van der Waals surface area contributed by atoms with Crippen LogP contribution in [0.5, 0.6) is 0 Å². The highest BCUT2D eigenvalue weighted by Crippen LogP contribution is 2.39. The summed E-state index contributed by atoms with van der Waals surface area (Å²) in [6.45, 7) is 0. The van der Waals surface area contributed by atoms with E-state index in [0.29, 0.717) is 10.4 Å². The SMILES string of the molecule is CN(C(=O)c1cc(C2CC2)no1)c1ccc(Br)cc1F. The predicted molar refractivity (Wildman–Crippen MR) is 75.3 cm³/mol. The van der Waals surface area contributed by atoms with Crippen LogP contribution in [0.15, 0.2) is 33.3 Å². The maximum absolute atomic E-state index is 13.9. The smallest absolute Gasteiger partial charge is 0.296 e. The molecule has 0 aliphatic heterocycles. The van der Waals surface area contributed by atoms with Crippen LogP contribution in [0.4, 0.5) is 10.1 Å². The van der Waals surface area contributed by atoms with E-state index in [0.717, 1.165) is 18.5 Å². The lowest BCUT2D eigenvalue weighted by Gasteiger charge is -2.16. The third-order valence-electron chi connectivity index (χ3n) is 3.31. The third-order valence-corrected chi connectivity index (χ3v) is 3.80. The van der Waals surface area contributed by atoms with Crippen molar-refractivity contribution in [3.8, 4) is 0 Å². The Bertz CT molecular complexity index is 667. The van der Waals surface area contributed by atoms with E-state index in [2.05, 4.69) is 21.1 Å². The number of carbonyl (C=O) groups excluding carboxylic acids is 1. The van der Waals surface area contributed by atoms with Gasteiger partial charge in [0.1, 0.15) is 5.82 Å². The van der Waals surface area contributed by atoms with Crippen molar-refractivity contribution in [2.75, 3.05) is 11.9 Å². The van der Waals surface area contributed by atoms with Crippen LogP contribution >= 0.6 is 15.9 Å². The molecule has 0 bridgehead atoms. The van der Waals surface area contributed by atoms with Crippen molar-refractivity contribution in [2.24, 2.45) is 0 Å². The molecule has 1 aliphatic rings. The first-order valence-corrected chi connectivity index (χ1v) is 7.05. The van der Waals surface area contributed by atoms with E-state index in [4.69, 9.17) is 4.52 Å². The third kappa shape index (κ3) is 2.47. The molecule has 104 valence electrons. The molecule has 0 saturated heterocycles. The molecule has 4 nitrogen and oxygen atoms in total. The van der Waals surface area contributed by atoms with E-state index in [9.17, 15) is 9.18 Å². The Morgan fingerprint density at radius 3 is 2.85 bits per heavy atom. The van der Waals surface area contributed by atoms with Crippen LogP contribution in [0.25, 0.3) is 0 Å². The van der Waals surface area contributed by atoms with Crippen molar-refractivity contribution in [3.05, 3.63) is 46.0 Å². The number of hydrogen-bond acceptors (Lipinski definition) is 3. The van der Waals surface area contributed by atoms with Crippen molar-refractivity contribution in [1.82, 2.24) is 5.16 Å². The van der Waals surface area contributed by atoms with Gasteiger partial charge < -0.3 is 9.42 Å². The molecule has 0 N–H and O–H groups in total. The summed E-state index contributed by atoms with van der Waals surface area (Å²) >= 11 is 3.18. The first-order chi connectivity index (χ1) is 9.56. The Balaban J connectivity index is 1.84. The molecule has 0 unspecified atom stereocenters. The molecular formula is C14H12BrFN2O2. The Morgan fingerprint density at radius 2 is 2.20 bits per heavy atom. The zero-order chi connectivity index (χ0) is 14.3. The standard InChI is InChI=1S/C14H12BrFN2O2/c1-18(12-5-4-9(15)6-10(12)16)14(19)13-7-11(17-20-13)8-2-3-8/h4-8H,2-3H2,1H3. The largest absolute Gasteiger partial charge is 0.351 e. The average molecular weight is 339 g/mol. The quantitative estimate of drug-likeness (QED) is 0.856. The Hall–Kier alpha value is -1.69. The number of halogens is 2. The number of amides is 1.